The van der Waals surface area contributed by atoms with E-state index in [1.54, 1.807) is 28.9 Å². The largest absolute Gasteiger partial charge is 0.486 e. The molecule has 1 aromatic carbocycles. The van der Waals surface area contributed by atoms with E-state index in [2.05, 4.69) is 20.8 Å². The van der Waals surface area contributed by atoms with Gasteiger partial charge >= 0.3 is 0 Å². The molecule has 0 bridgehead atoms. The SMILES string of the molecule is CCn1nnnc1COc1ccc(C(=O)NCc2ccc(C)o2)cc1. The fraction of sp³-hybridized carbons (Fsp3) is 0.294. The lowest BCUT2D eigenvalue weighted by Gasteiger charge is -2.07. The summed E-state index contributed by atoms with van der Waals surface area (Å²) in [7, 11) is 0. The molecule has 0 spiro atoms. The molecule has 3 aromatic rings. The maximum atomic E-state index is 12.1. The van der Waals surface area contributed by atoms with E-state index in [9.17, 15) is 4.79 Å². The van der Waals surface area contributed by atoms with Gasteiger partial charge in [-0.3, -0.25) is 4.79 Å². The van der Waals surface area contributed by atoms with Crippen molar-refractivity contribution in [3.63, 3.8) is 0 Å². The Labute approximate surface area is 144 Å². The second kappa shape index (κ2) is 7.61. The first-order chi connectivity index (χ1) is 12.2. The summed E-state index contributed by atoms with van der Waals surface area (Å²) in [5.74, 6) is 2.66. The average molecular weight is 341 g/mol. The van der Waals surface area contributed by atoms with Crippen LogP contribution in [-0.2, 0) is 19.7 Å². The highest BCUT2D eigenvalue weighted by Crippen LogP contribution is 2.14. The van der Waals surface area contributed by atoms with Crippen LogP contribution >= 0.6 is 0 Å². The van der Waals surface area contributed by atoms with Gasteiger partial charge in [0.05, 0.1) is 6.54 Å². The second-order valence-corrected chi connectivity index (χ2v) is 5.42. The molecule has 0 aliphatic rings. The van der Waals surface area contributed by atoms with Crippen molar-refractivity contribution in [2.75, 3.05) is 0 Å². The molecule has 0 aliphatic carbocycles. The van der Waals surface area contributed by atoms with Crippen LogP contribution in [0.5, 0.6) is 5.75 Å². The minimum atomic E-state index is -0.171. The van der Waals surface area contributed by atoms with Crippen LogP contribution in [0.15, 0.2) is 40.8 Å². The highest BCUT2D eigenvalue weighted by atomic mass is 16.5. The molecule has 1 amide bonds. The molecule has 0 aliphatic heterocycles. The van der Waals surface area contributed by atoms with Crippen molar-refractivity contribution in [3.05, 3.63) is 59.3 Å². The Morgan fingerprint density at radius 2 is 2.04 bits per heavy atom. The first-order valence-corrected chi connectivity index (χ1v) is 7.97. The van der Waals surface area contributed by atoms with Crippen molar-refractivity contribution in [3.8, 4) is 5.75 Å². The molecule has 0 radical (unpaired) electrons. The zero-order valence-corrected chi connectivity index (χ0v) is 14.1. The summed E-state index contributed by atoms with van der Waals surface area (Å²) in [6, 6.07) is 10.6. The lowest BCUT2D eigenvalue weighted by atomic mass is 10.2. The Kier molecular flexibility index (Phi) is 5.08. The molecule has 130 valence electrons. The summed E-state index contributed by atoms with van der Waals surface area (Å²) in [5, 5.41) is 14.2. The van der Waals surface area contributed by atoms with Crippen molar-refractivity contribution in [2.24, 2.45) is 0 Å². The van der Waals surface area contributed by atoms with Crippen LogP contribution in [0.3, 0.4) is 0 Å². The van der Waals surface area contributed by atoms with E-state index in [-0.39, 0.29) is 12.5 Å². The molecule has 3 rings (SSSR count). The molecule has 0 saturated carbocycles. The Morgan fingerprint density at radius 1 is 1.24 bits per heavy atom. The lowest BCUT2D eigenvalue weighted by Crippen LogP contribution is -2.22. The second-order valence-electron chi connectivity index (χ2n) is 5.42. The first kappa shape index (κ1) is 16.7. The number of ether oxygens (including phenoxy) is 1. The number of aromatic nitrogens is 4. The van der Waals surface area contributed by atoms with Crippen molar-refractivity contribution >= 4 is 5.91 Å². The smallest absolute Gasteiger partial charge is 0.251 e. The van der Waals surface area contributed by atoms with Gasteiger partial charge in [-0.2, -0.15) is 0 Å². The number of nitrogens with zero attached hydrogens (tertiary/aromatic N) is 4. The summed E-state index contributed by atoms with van der Waals surface area (Å²) in [6.45, 7) is 5.12. The molecule has 8 nitrogen and oxygen atoms in total. The number of carbonyl (C=O) groups excluding carboxylic acids is 1. The maximum absolute atomic E-state index is 12.1. The number of tetrazole rings is 1. The Bertz CT molecular complexity index is 838. The molecule has 8 heteroatoms. The first-order valence-electron chi connectivity index (χ1n) is 7.97. The number of nitrogens with one attached hydrogen (secondary N) is 1. The van der Waals surface area contributed by atoms with E-state index >= 15 is 0 Å². The van der Waals surface area contributed by atoms with Gasteiger partial charge < -0.3 is 14.5 Å². The van der Waals surface area contributed by atoms with Crippen molar-refractivity contribution in [1.29, 1.82) is 0 Å². The predicted octanol–water partition coefficient (Wildman–Crippen LogP) is 2.10. The van der Waals surface area contributed by atoms with Gasteiger partial charge in [-0.05, 0) is 60.7 Å². The third-order valence-electron chi connectivity index (χ3n) is 3.61. The predicted molar refractivity (Wildman–Crippen MR) is 88.9 cm³/mol. The van der Waals surface area contributed by atoms with Crippen molar-refractivity contribution in [1.82, 2.24) is 25.5 Å². The number of rotatable bonds is 7. The van der Waals surface area contributed by atoms with E-state index in [1.807, 2.05) is 26.0 Å². The van der Waals surface area contributed by atoms with Gasteiger partial charge in [0.2, 0.25) is 0 Å². The fourth-order valence-electron chi connectivity index (χ4n) is 2.27. The van der Waals surface area contributed by atoms with Crippen LogP contribution in [0.1, 0.15) is 34.6 Å². The number of hydrogen-bond acceptors (Lipinski definition) is 6. The minimum Gasteiger partial charge on any atom is -0.486 e. The molecule has 25 heavy (non-hydrogen) atoms. The Balaban J connectivity index is 1.53. The minimum absolute atomic E-state index is 0.171. The molecule has 0 unspecified atom stereocenters. The van der Waals surface area contributed by atoms with Gasteiger partial charge in [0, 0.05) is 12.1 Å². The summed E-state index contributed by atoms with van der Waals surface area (Å²) in [5.41, 5.74) is 0.550. The van der Waals surface area contributed by atoms with Crippen molar-refractivity contribution < 1.29 is 13.9 Å². The third kappa shape index (κ3) is 4.23. The van der Waals surface area contributed by atoms with Crippen LogP contribution < -0.4 is 10.1 Å². The lowest BCUT2D eigenvalue weighted by molar-refractivity contribution is 0.0948. The number of furan rings is 1. The van der Waals surface area contributed by atoms with E-state index in [0.717, 1.165) is 11.5 Å². The number of amides is 1. The fourth-order valence-corrected chi connectivity index (χ4v) is 2.27. The van der Waals surface area contributed by atoms with Crippen LogP contribution in [0.25, 0.3) is 0 Å². The Hall–Kier alpha value is -3.16. The van der Waals surface area contributed by atoms with E-state index in [1.165, 1.54) is 0 Å². The molecule has 2 heterocycles. The van der Waals surface area contributed by atoms with Gasteiger partial charge in [0.25, 0.3) is 5.91 Å². The summed E-state index contributed by atoms with van der Waals surface area (Å²) < 4.78 is 12.7. The summed E-state index contributed by atoms with van der Waals surface area (Å²) in [4.78, 5) is 12.1. The molecular weight excluding hydrogens is 322 g/mol. The van der Waals surface area contributed by atoms with Crippen LogP contribution in [0.4, 0.5) is 0 Å². The van der Waals surface area contributed by atoms with Gasteiger partial charge in [-0.1, -0.05) is 0 Å². The van der Waals surface area contributed by atoms with Gasteiger partial charge in [0.1, 0.15) is 23.9 Å². The molecule has 2 aromatic heterocycles. The third-order valence-corrected chi connectivity index (χ3v) is 3.61. The molecule has 0 atom stereocenters. The maximum Gasteiger partial charge on any atom is 0.251 e. The standard InChI is InChI=1S/C17H19N5O3/c1-3-22-16(19-20-21-22)11-24-14-8-5-13(6-9-14)17(23)18-10-15-7-4-12(2)25-15/h4-9H,3,10-11H2,1-2H3,(H,18,23). The molecule has 1 N–H and O–H groups in total. The zero-order chi connectivity index (χ0) is 17.6. The van der Waals surface area contributed by atoms with Gasteiger partial charge in [-0.25, -0.2) is 4.68 Å². The molecule has 0 saturated heterocycles. The summed E-state index contributed by atoms with van der Waals surface area (Å²) in [6.07, 6.45) is 0. The quantitative estimate of drug-likeness (QED) is 0.707. The van der Waals surface area contributed by atoms with Crippen molar-refractivity contribution in [2.45, 2.75) is 33.5 Å². The zero-order valence-electron chi connectivity index (χ0n) is 14.1. The number of hydrogen-bond donors (Lipinski definition) is 1. The van der Waals surface area contributed by atoms with E-state index in [0.29, 0.717) is 30.2 Å². The number of benzene rings is 1. The normalized spacial score (nSPS) is 10.6. The van der Waals surface area contributed by atoms with E-state index in [4.69, 9.17) is 9.15 Å². The Morgan fingerprint density at radius 3 is 2.72 bits per heavy atom. The number of aryl methyl sites for hydroxylation is 2. The topological polar surface area (TPSA) is 95.1 Å². The van der Waals surface area contributed by atoms with E-state index < -0.39 is 0 Å². The van der Waals surface area contributed by atoms with Crippen LogP contribution in [0.2, 0.25) is 0 Å². The monoisotopic (exact) mass is 341 g/mol. The van der Waals surface area contributed by atoms with Gasteiger partial charge in [-0.15, -0.1) is 5.10 Å². The average Bonchev–Trinajstić information content (AvgIpc) is 3.26. The number of carbonyl (C=O) groups is 1. The van der Waals surface area contributed by atoms with Gasteiger partial charge in [0.15, 0.2) is 5.82 Å². The highest BCUT2D eigenvalue weighted by molar-refractivity contribution is 5.94. The molecule has 0 fully saturated rings. The summed E-state index contributed by atoms with van der Waals surface area (Å²) >= 11 is 0. The van der Waals surface area contributed by atoms with Crippen LogP contribution in [-0.4, -0.2) is 26.1 Å². The molecular formula is C17H19N5O3. The van der Waals surface area contributed by atoms with Crippen LogP contribution in [0, 0.1) is 6.92 Å². The highest BCUT2D eigenvalue weighted by Gasteiger charge is 2.08.